The molecular weight excluding hydrogens is 485 g/mol. The van der Waals surface area contributed by atoms with Crippen LogP contribution >= 0.6 is 23.2 Å². The van der Waals surface area contributed by atoms with Crippen LogP contribution in [0.25, 0.3) is 0 Å². The number of likely N-dealkylation sites (N-methyl/N-ethyl adjacent to an activating group) is 1. The van der Waals surface area contributed by atoms with Crippen molar-refractivity contribution in [2.45, 2.75) is 39.8 Å². The summed E-state index contributed by atoms with van der Waals surface area (Å²) in [5.74, 6) is -0.917. The number of nitrogens with zero attached hydrogens (tertiary/aromatic N) is 2. The number of anilines is 1. The number of hydrogen-bond donors (Lipinski definition) is 1. The first kappa shape index (κ1) is 27.0. The molecule has 0 aliphatic heterocycles. The van der Waals surface area contributed by atoms with E-state index in [1.807, 2.05) is 13.0 Å². The van der Waals surface area contributed by atoms with Crippen molar-refractivity contribution in [2.24, 2.45) is 0 Å². The first-order valence-electron chi connectivity index (χ1n) is 10.4. The van der Waals surface area contributed by atoms with Gasteiger partial charge in [-0.3, -0.25) is 13.9 Å². The maximum atomic E-state index is 13.6. The highest BCUT2D eigenvalue weighted by Gasteiger charge is 2.32. The Labute approximate surface area is 205 Å². The van der Waals surface area contributed by atoms with Crippen LogP contribution in [0.3, 0.4) is 0 Å². The zero-order valence-corrected chi connectivity index (χ0v) is 21.7. The normalized spacial score (nSPS) is 12.2. The van der Waals surface area contributed by atoms with Crippen molar-refractivity contribution in [3.05, 3.63) is 63.1 Å². The van der Waals surface area contributed by atoms with E-state index in [0.717, 1.165) is 16.1 Å². The summed E-state index contributed by atoms with van der Waals surface area (Å²) in [6.45, 7) is 4.87. The van der Waals surface area contributed by atoms with Gasteiger partial charge in [0.05, 0.1) is 11.9 Å². The molecule has 0 spiro atoms. The van der Waals surface area contributed by atoms with Gasteiger partial charge in [0.15, 0.2) is 0 Å². The number of aryl methyl sites for hydroxylation is 2. The summed E-state index contributed by atoms with van der Waals surface area (Å²) in [4.78, 5) is 27.5. The Balaban J connectivity index is 2.53. The lowest BCUT2D eigenvalue weighted by molar-refractivity contribution is -0.140. The molecule has 2 amide bonds. The molecule has 0 aliphatic carbocycles. The van der Waals surface area contributed by atoms with Gasteiger partial charge >= 0.3 is 0 Å². The van der Waals surface area contributed by atoms with Gasteiger partial charge in [-0.2, -0.15) is 0 Å². The highest BCUT2D eigenvalue weighted by Crippen LogP contribution is 2.28. The van der Waals surface area contributed by atoms with E-state index in [0.29, 0.717) is 33.3 Å². The molecule has 2 rings (SSSR count). The van der Waals surface area contributed by atoms with Crippen LogP contribution in [0.15, 0.2) is 36.4 Å². The van der Waals surface area contributed by atoms with E-state index in [2.05, 4.69) is 5.32 Å². The van der Waals surface area contributed by atoms with Gasteiger partial charge in [0, 0.05) is 29.2 Å². The monoisotopic (exact) mass is 513 g/mol. The van der Waals surface area contributed by atoms with E-state index >= 15 is 0 Å². The smallest absolute Gasteiger partial charge is 0.244 e. The largest absolute Gasteiger partial charge is 0.357 e. The predicted octanol–water partition coefficient (Wildman–Crippen LogP) is 3.93. The van der Waals surface area contributed by atoms with Crippen molar-refractivity contribution >= 4 is 50.7 Å². The minimum Gasteiger partial charge on any atom is -0.357 e. The van der Waals surface area contributed by atoms with Gasteiger partial charge in [-0.05, 0) is 49.6 Å². The quantitative estimate of drug-likeness (QED) is 0.550. The maximum absolute atomic E-state index is 13.6. The summed E-state index contributed by atoms with van der Waals surface area (Å²) >= 11 is 12.6. The van der Waals surface area contributed by atoms with Gasteiger partial charge in [0.1, 0.15) is 12.6 Å². The van der Waals surface area contributed by atoms with Crippen molar-refractivity contribution in [1.29, 1.82) is 0 Å². The van der Waals surface area contributed by atoms with Crippen LogP contribution in [-0.4, -0.2) is 51.0 Å². The standard InChI is InChI=1S/C23H29Cl2N3O4S/c1-6-20(23(30)26-4)27(13-17-18(24)8-7-9-19(17)25)22(29)14-28(33(5,31)32)21-12-15(2)10-11-16(21)3/h7-12,20H,6,13-14H2,1-5H3,(H,26,30). The van der Waals surface area contributed by atoms with E-state index in [-0.39, 0.29) is 12.5 Å². The van der Waals surface area contributed by atoms with E-state index < -0.39 is 28.5 Å². The summed E-state index contributed by atoms with van der Waals surface area (Å²) < 4.78 is 26.4. The topological polar surface area (TPSA) is 86.8 Å². The van der Waals surface area contributed by atoms with E-state index in [1.54, 1.807) is 44.2 Å². The lowest BCUT2D eigenvalue weighted by Gasteiger charge is -2.33. The zero-order chi connectivity index (χ0) is 24.9. The fourth-order valence-electron chi connectivity index (χ4n) is 3.52. The molecule has 2 aromatic rings. The molecule has 0 saturated carbocycles. The molecule has 0 fully saturated rings. The Morgan fingerprint density at radius 1 is 1.09 bits per heavy atom. The first-order valence-corrected chi connectivity index (χ1v) is 13.0. The fraction of sp³-hybridized carbons (Fsp3) is 0.391. The number of sulfonamides is 1. The number of hydrogen-bond acceptors (Lipinski definition) is 4. The van der Waals surface area contributed by atoms with Gasteiger partial charge in [-0.15, -0.1) is 0 Å². The molecule has 1 N–H and O–H groups in total. The molecule has 2 aromatic carbocycles. The SMILES string of the molecule is CCC(C(=O)NC)N(Cc1c(Cl)cccc1Cl)C(=O)CN(c1cc(C)ccc1C)S(C)(=O)=O. The molecule has 1 atom stereocenters. The van der Waals surface area contributed by atoms with Crippen LogP contribution in [0.4, 0.5) is 5.69 Å². The number of halogens is 2. The molecule has 180 valence electrons. The van der Waals surface area contributed by atoms with Crippen LogP contribution in [0.5, 0.6) is 0 Å². The minimum absolute atomic E-state index is 0.0479. The molecule has 33 heavy (non-hydrogen) atoms. The average molecular weight is 514 g/mol. The minimum atomic E-state index is -3.80. The van der Waals surface area contributed by atoms with Crippen LogP contribution in [-0.2, 0) is 26.2 Å². The average Bonchev–Trinajstić information content (AvgIpc) is 2.74. The first-order chi connectivity index (χ1) is 15.4. The number of benzene rings is 2. The third-order valence-electron chi connectivity index (χ3n) is 5.33. The molecule has 1 unspecified atom stereocenters. The molecule has 0 radical (unpaired) electrons. The van der Waals surface area contributed by atoms with Gasteiger partial charge in [0.2, 0.25) is 21.8 Å². The summed E-state index contributed by atoms with van der Waals surface area (Å²) in [5.41, 5.74) is 2.45. The Morgan fingerprint density at radius 2 is 1.70 bits per heavy atom. The van der Waals surface area contributed by atoms with E-state index in [1.165, 1.54) is 11.9 Å². The van der Waals surface area contributed by atoms with Crippen LogP contribution in [0.1, 0.15) is 30.0 Å². The summed E-state index contributed by atoms with van der Waals surface area (Å²) in [7, 11) is -2.32. The van der Waals surface area contributed by atoms with Crippen molar-refractivity contribution in [3.8, 4) is 0 Å². The number of carbonyl (C=O) groups excluding carboxylic acids is 2. The van der Waals surface area contributed by atoms with Gasteiger partial charge in [0.25, 0.3) is 0 Å². The molecule has 0 heterocycles. The van der Waals surface area contributed by atoms with Crippen LogP contribution in [0, 0.1) is 13.8 Å². The summed E-state index contributed by atoms with van der Waals surface area (Å²) in [6, 6.07) is 9.52. The summed E-state index contributed by atoms with van der Waals surface area (Å²) in [6.07, 6.45) is 1.36. The highest BCUT2D eigenvalue weighted by molar-refractivity contribution is 7.92. The van der Waals surface area contributed by atoms with E-state index in [4.69, 9.17) is 23.2 Å². The molecular formula is C23H29Cl2N3O4S. The van der Waals surface area contributed by atoms with Gasteiger partial charge in [-0.25, -0.2) is 8.42 Å². The molecule has 0 aromatic heterocycles. The summed E-state index contributed by atoms with van der Waals surface area (Å²) in [5, 5.41) is 3.26. The second kappa shape index (κ2) is 11.2. The predicted molar refractivity (Wildman–Crippen MR) is 133 cm³/mol. The maximum Gasteiger partial charge on any atom is 0.244 e. The van der Waals surface area contributed by atoms with Crippen LogP contribution in [0.2, 0.25) is 10.0 Å². The Hall–Kier alpha value is -2.29. The van der Waals surface area contributed by atoms with Gasteiger partial charge in [-0.1, -0.05) is 48.3 Å². The van der Waals surface area contributed by atoms with Crippen molar-refractivity contribution < 1.29 is 18.0 Å². The van der Waals surface area contributed by atoms with Crippen molar-refractivity contribution in [3.63, 3.8) is 0 Å². The number of carbonyl (C=O) groups is 2. The van der Waals surface area contributed by atoms with Gasteiger partial charge < -0.3 is 10.2 Å². The molecule has 10 heteroatoms. The van der Waals surface area contributed by atoms with Crippen molar-refractivity contribution in [1.82, 2.24) is 10.2 Å². The molecule has 0 aliphatic rings. The Morgan fingerprint density at radius 3 is 2.21 bits per heavy atom. The van der Waals surface area contributed by atoms with Crippen LogP contribution < -0.4 is 9.62 Å². The lowest BCUT2D eigenvalue weighted by Crippen LogP contribution is -2.51. The number of nitrogens with one attached hydrogen (secondary N) is 1. The Kier molecular flexibility index (Phi) is 9.17. The number of amides is 2. The third kappa shape index (κ3) is 6.62. The zero-order valence-electron chi connectivity index (χ0n) is 19.4. The number of rotatable bonds is 9. The molecule has 0 bridgehead atoms. The Bertz CT molecular complexity index is 1120. The lowest BCUT2D eigenvalue weighted by atomic mass is 10.1. The molecule has 0 saturated heterocycles. The second-order valence-corrected chi connectivity index (χ2v) is 10.5. The van der Waals surface area contributed by atoms with E-state index in [9.17, 15) is 18.0 Å². The second-order valence-electron chi connectivity index (χ2n) is 7.82. The fourth-order valence-corrected chi connectivity index (χ4v) is 4.94. The third-order valence-corrected chi connectivity index (χ3v) is 7.17. The molecule has 7 nitrogen and oxygen atoms in total. The van der Waals surface area contributed by atoms with Crippen molar-refractivity contribution in [2.75, 3.05) is 24.2 Å². The highest BCUT2D eigenvalue weighted by atomic mass is 35.5.